The Bertz CT molecular complexity index is 943. The van der Waals surface area contributed by atoms with Crippen LogP contribution in [0.1, 0.15) is 41.7 Å². The van der Waals surface area contributed by atoms with Crippen LogP contribution >= 0.6 is 11.3 Å². The fourth-order valence-electron chi connectivity index (χ4n) is 3.81. The SMILES string of the molecule is Cc1nn(C)c(C)c1NC(=O)CN1CCCC[C@H]1c1nc2ccccc2s1. The van der Waals surface area contributed by atoms with E-state index in [1.54, 1.807) is 16.0 Å². The average molecular weight is 384 g/mol. The van der Waals surface area contributed by atoms with Gasteiger partial charge in [0.25, 0.3) is 0 Å². The number of fused-ring (bicyclic) bond motifs is 1. The first-order valence-corrected chi connectivity index (χ1v) is 10.2. The van der Waals surface area contributed by atoms with E-state index < -0.39 is 0 Å². The molecule has 0 spiro atoms. The number of para-hydroxylation sites is 1. The number of nitrogens with one attached hydrogen (secondary N) is 1. The van der Waals surface area contributed by atoms with E-state index in [9.17, 15) is 4.79 Å². The number of aromatic nitrogens is 3. The number of thiazole rings is 1. The van der Waals surface area contributed by atoms with Crippen molar-refractivity contribution in [2.24, 2.45) is 7.05 Å². The summed E-state index contributed by atoms with van der Waals surface area (Å²) >= 11 is 1.75. The largest absolute Gasteiger partial charge is 0.322 e. The summed E-state index contributed by atoms with van der Waals surface area (Å²) in [5, 5.41) is 8.56. The Morgan fingerprint density at radius 3 is 2.85 bits per heavy atom. The molecule has 142 valence electrons. The van der Waals surface area contributed by atoms with E-state index in [0.29, 0.717) is 6.54 Å². The van der Waals surface area contributed by atoms with Gasteiger partial charge in [-0.1, -0.05) is 18.6 Å². The van der Waals surface area contributed by atoms with Crippen molar-refractivity contribution in [2.75, 3.05) is 18.4 Å². The third kappa shape index (κ3) is 3.61. The number of amides is 1. The number of likely N-dealkylation sites (tertiary alicyclic amines) is 1. The first kappa shape index (κ1) is 18.1. The second-order valence-corrected chi connectivity index (χ2v) is 8.28. The zero-order chi connectivity index (χ0) is 19.0. The van der Waals surface area contributed by atoms with E-state index in [4.69, 9.17) is 4.98 Å². The highest BCUT2D eigenvalue weighted by molar-refractivity contribution is 7.18. The van der Waals surface area contributed by atoms with Gasteiger partial charge in [-0.25, -0.2) is 4.98 Å². The van der Waals surface area contributed by atoms with Crippen LogP contribution < -0.4 is 5.32 Å². The zero-order valence-corrected chi connectivity index (χ0v) is 16.8. The summed E-state index contributed by atoms with van der Waals surface area (Å²) in [6, 6.07) is 8.47. The van der Waals surface area contributed by atoms with E-state index in [2.05, 4.69) is 33.5 Å². The van der Waals surface area contributed by atoms with Crippen molar-refractivity contribution in [1.29, 1.82) is 0 Å². The molecule has 1 aliphatic rings. The van der Waals surface area contributed by atoms with Crippen LogP contribution in [0.25, 0.3) is 10.2 Å². The van der Waals surface area contributed by atoms with Crippen molar-refractivity contribution in [3.05, 3.63) is 40.7 Å². The van der Waals surface area contributed by atoms with Crippen LogP contribution in [0.2, 0.25) is 0 Å². The normalized spacial score (nSPS) is 18.1. The highest BCUT2D eigenvalue weighted by atomic mass is 32.1. The van der Waals surface area contributed by atoms with Crippen LogP contribution in [0, 0.1) is 13.8 Å². The van der Waals surface area contributed by atoms with E-state index >= 15 is 0 Å². The van der Waals surface area contributed by atoms with Crippen LogP contribution in [0.4, 0.5) is 5.69 Å². The molecular formula is C20H25N5OS. The number of anilines is 1. The highest BCUT2D eigenvalue weighted by Gasteiger charge is 2.28. The van der Waals surface area contributed by atoms with Gasteiger partial charge in [0.2, 0.25) is 5.91 Å². The first-order chi connectivity index (χ1) is 13.0. The summed E-state index contributed by atoms with van der Waals surface area (Å²) in [6.45, 7) is 5.21. The summed E-state index contributed by atoms with van der Waals surface area (Å²) in [5.74, 6) is 0.0159. The second kappa shape index (κ2) is 7.40. The Morgan fingerprint density at radius 2 is 2.11 bits per heavy atom. The molecule has 1 atom stereocenters. The maximum Gasteiger partial charge on any atom is 0.238 e. The van der Waals surface area contributed by atoms with Gasteiger partial charge in [-0.2, -0.15) is 5.10 Å². The van der Waals surface area contributed by atoms with Crippen molar-refractivity contribution in [3.8, 4) is 0 Å². The maximum atomic E-state index is 12.7. The van der Waals surface area contributed by atoms with Gasteiger partial charge in [0.15, 0.2) is 0 Å². The fourth-order valence-corrected chi connectivity index (χ4v) is 4.95. The first-order valence-electron chi connectivity index (χ1n) is 9.42. The molecule has 27 heavy (non-hydrogen) atoms. The molecule has 3 aromatic rings. The third-order valence-corrected chi connectivity index (χ3v) is 6.47. The lowest BCUT2D eigenvalue weighted by Crippen LogP contribution is -2.39. The Hall–Kier alpha value is -2.25. The molecule has 0 unspecified atom stereocenters. The van der Waals surface area contributed by atoms with E-state index in [1.807, 2.05) is 27.0 Å². The molecular weight excluding hydrogens is 358 g/mol. The number of piperidine rings is 1. The molecule has 0 aliphatic carbocycles. The van der Waals surface area contributed by atoms with Gasteiger partial charge in [-0.3, -0.25) is 14.4 Å². The molecule has 1 amide bonds. The molecule has 7 heteroatoms. The molecule has 1 aromatic carbocycles. The molecule has 6 nitrogen and oxygen atoms in total. The van der Waals surface area contributed by atoms with Crippen molar-refractivity contribution >= 4 is 33.1 Å². The quantitative estimate of drug-likeness (QED) is 0.744. The molecule has 0 bridgehead atoms. The van der Waals surface area contributed by atoms with Gasteiger partial charge in [-0.15, -0.1) is 11.3 Å². The lowest BCUT2D eigenvalue weighted by molar-refractivity contribution is -0.118. The van der Waals surface area contributed by atoms with Crippen LogP contribution in [0.3, 0.4) is 0 Å². The minimum Gasteiger partial charge on any atom is -0.322 e. The number of aryl methyl sites for hydroxylation is 2. The predicted octanol–water partition coefficient (Wildman–Crippen LogP) is 3.81. The van der Waals surface area contributed by atoms with Crippen LogP contribution in [-0.4, -0.2) is 38.7 Å². The van der Waals surface area contributed by atoms with Gasteiger partial charge in [0, 0.05) is 7.05 Å². The molecule has 1 saturated heterocycles. The zero-order valence-electron chi connectivity index (χ0n) is 16.0. The van der Waals surface area contributed by atoms with Crippen molar-refractivity contribution in [1.82, 2.24) is 19.7 Å². The molecule has 4 rings (SSSR count). The number of nitrogens with zero attached hydrogens (tertiary/aromatic N) is 4. The van der Waals surface area contributed by atoms with Crippen LogP contribution in [0.5, 0.6) is 0 Å². The average Bonchev–Trinajstić information content (AvgIpc) is 3.18. The number of hydrogen-bond donors (Lipinski definition) is 1. The minimum atomic E-state index is 0.0159. The second-order valence-electron chi connectivity index (χ2n) is 7.22. The number of hydrogen-bond acceptors (Lipinski definition) is 5. The minimum absolute atomic E-state index is 0.0159. The van der Waals surface area contributed by atoms with Gasteiger partial charge in [0.1, 0.15) is 5.01 Å². The molecule has 0 radical (unpaired) electrons. The predicted molar refractivity (Wildman–Crippen MR) is 109 cm³/mol. The van der Waals surface area contributed by atoms with Crippen LogP contribution in [0.15, 0.2) is 24.3 Å². The summed E-state index contributed by atoms with van der Waals surface area (Å²) < 4.78 is 3.01. The molecule has 1 N–H and O–H groups in total. The van der Waals surface area contributed by atoms with Crippen molar-refractivity contribution < 1.29 is 4.79 Å². The van der Waals surface area contributed by atoms with E-state index in [0.717, 1.165) is 47.0 Å². The number of carbonyl (C=O) groups is 1. The van der Waals surface area contributed by atoms with Gasteiger partial charge in [0.05, 0.1) is 39.9 Å². The summed E-state index contributed by atoms with van der Waals surface area (Å²) in [6.07, 6.45) is 3.36. The monoisotopic (exact) mass is 383 g/mol. The molecule has 0 saturated carbocycles. The lowest BCUT2D eigenvalue weighted by Gasteiger charge is -2.33. The summed E-state index contributed by atoms with van der Waals surface area (Å²) in [5.41, 5.74) is 3.71. The Morgan fingerprint density at radius 1 is 1.30 bits per heavy atom. The Balaban J connectivity index is 1.51. The highest BCUT2D eigenvalue weighted by Crippen LogP contribution is 2.35. The van der Waals surface area contributed by atoms with E-state index in [1.165, 1.54) is 11.1 Å². The van der Waals surface area contributed by atoms with Gasteiger partial charge < -0.3 is 5.32 Å². The smallest absolute Gasteiger partial charge is 0.238 e. The molecule has 1 aliphatic heterocycles. The summed E-state index contributed by atoms with van der Waals surface area (Å²) in [4.78, 5) is 19.9. The lowest BCUT2D eigenvalue weighted by atomic mass is 10.0. The van der Waals surface area contributed by atoms with Crippen LogP contribution in [-0.2, 0) is 11.8 Å². The van der Waals surface area contributed by atoms with Crippen molar-refractivity contribution in [3.63, 3.8) is 0 Å². The molecule has 3 heterocycles. The van der Waals surface area contributed by atoms with Gasteiger partial charge in [-0.05, 0) is 45.4 Å². The topological polar surface area (TPSA) is 63.1 Å². The number of carbonyl (C=O) groups excluding carboxylic acids is 1. The summed E-state index contributed by atoms with van der Waals surface area (Å²) in [7, 11) is 1.89. The van der Waals surface area contributed by atoms with Gasteiger partial charge >= 0.3 is 0 Å². The molecule has 2 aromatic heterocycles. The third-order valence-electron chi connectivity index (χ3n) is 5.33. The molecule has 1 fully saturated rings. The Labute approximate surface area is 163 Å². The maximum absolute atomic E-state index is 12.7. The Kier molecular flexibility index (Phi) is 4.97. The number of benzene rings is 1. The van der Waals surface area contributed by atoms with E-state index in [-0.39, 0.29) is 11.9 Å². The standard InChI is InChI=1S/C20H25N5OS/c1-13-19(14(2)24(3)23-13)22-18(26)12-25-11-7-6-9-16(25)20-21-15-8-4-5-10-17(15)27-20/h4-5,8,10,16H,6-7,9,11-12H2,1-3H3,(H,22,26)/t16-/m0/s1. The number of rotatable bonds is 4. The van der Waals surface area contributed by atoms with Crippen molar-refractivity contribution in [2.45, 2.75) is 39.2 Å². The fraction of sp³-hybridized carbons (Fsp3) is 0.450.